The van der Waals surface area contributed by atoms with Crippen LogP contribution in [0.25, 0.3) is 0 Å². The van der Waals surface area contributed by atoms with Crippen LogP contribution in [0.3, 0.4) is 0 Å². The average molecular weight is 347 g/mol. The third kappa shape index (κ3) is 6.54. The van der Waals surface area contributed by atoms with E-state index < -0.39 is 24.1 Å². The number of nitrogens with two attached hydrogens (primary N) is 1. The highest BCUT2D eigenvalue weighted by molar-refractivity contribution is 5.85. The summed E-state index contributed by atoms with van der Waals surface area (Å²) in [4.78, 5) is 33.7. The van der Waals surface area contributed by atoms with E-state index in [-0.39, 0.29) is 30.3 Å². The minimum atomic E-state index is -0.850. The molecule has 0 unspecified atom stereocenters. The van der Waals surface area contributed by atoms with E-state index in [2.05, 4.69) is 10.1 Å². The summed E-state index contributed by atoms with van der Waals surface area (Å²) in [6.07, 6.45) is -0.542. The second-order valence-corrected chi connectivity index (χ2v) is 4.35. The van der Waals surface area contributed by atoms with Gasteiger partial charge in [-0.2, -0.15) is 0 Å². The molecule has 0 fully saturated rings. The van der Waals surface area contributed by atoms with Gasteiger partial charge in [-0.25, -0.2) is 4.79 Å². The van der Waals surface area contributed by atoms with Crippen molar-refractivity contribution in [2.24, 2.45) is 5.73 Å². The van der Waals surface area contributed by atoms with Crippen LogP contribution in [-0.4, -0.2) is 38.2 Å². The van der Waals surface area contributed by atoms with E-state index in [0.29, 0.717) is 5.56 Å². The van der Waals surface area contributed by atoms with Crippen molar-refractivity contribution in [3.63, 3.8) is 0 Å². The minimum Gasteiger partial charge on any atom is -0.468 e. The van der Waals surface area contributed by atoms with Gasteiger partial charge in [-0.3, -0.25) is 9.59 Å². The van der Waals surface area contributed by atoms with E-state index in [1.165, 1.54) is 33.2 Å². The fraction of sp³-hybridized carbons (Fsp3) is 0.357. The second kappa shape index (κ2) is 9.65. The maximum Gasteiger partial charge on any atom is 0.412 e. The van der Waals surface area contributed by atoms with E-state index in [4.69, 9.17) is 15.2 Å². The third-order valence-electron chi connectivity index (χ3n) is 2.63. The topological polar surface area (TPSA) is 117 Å². The zero-order chi connectivity index (χ0) is 16.7. The van der Waals surface area contributed by atoms with E-state index in [0.717, 1.165) is 0 Å². The SMILES string of the molecule is CNC(=O)Oc1cc(C[C@H](N)C(=O)OC)ccc1OC(C)=O.Cl. The standard InChI is InChI=1S/C14H18N2O6.ClH/c1-8(17)21-11-5-4-9(6-10(15)13(18)20-3)7-12(11)22-14(19)16-2;/h4-5,7,10H,6,15H2,1-3H3,(H,16,19);1H/t10-;/m0./s1. The van der Waals surface area contributed by atoms with E-state index in [9.17, 15) is 14.4 Å². The van der Waals surface area contributed by atoms with Crippen molar-refractivity contribution in [3.05, 3.63) is 23.8 Å². The number of esters is 2. The lowest BCUT2D eigenvalue weighted by Gasteiger charge is -2.13. The van der Waals surface area contributed by atoms with Crippen LogP contribution in [0.1, 0.15) is 12.5 Å². The average Bonchev–Trinajstić information content (AvgIpc) is 2.48. The van der Waals surface area contributed by atoms with Crippen LogP contribution >= 0.6 is 12.4 Å². The highest BCUT2D eigenvalue weighted by Crippen LogP contribution is 2.29. The van der Waals surface area contributed by atoms with Crippen molar-refractivity contribution in [1.82, 2.24) is 5.32 Å². The number of hydrogen-bond donors (Lipinski definition) is 2. The van der Waals surface area contributed by atoms with Crippen LogP contribution in [-0.2, 0) is 20.7 Å². The van der Waals surface area contributed by atoms with Crippen molar-refractivity contribution >= 4 is 30.4 Å². The van der Waals surface area contributed by atoms with Crippen molar-refractivity contribution in [1.29, 1.82) is 0 Å². The molecule has 1 atom stereocenters. The Kier molecular flexibility index (Phi) is 8.67. The molecular formula is C14H19ClN2O6. The molecule has 128 valence electrons. The Morgan fingerprint density at radius 2 is 1.87 bits per heavy atom. The van der Waals surface area contributed by atoms with Crippen LogP contribution in [0, 0.1) is 0 Å². The second-order valence-electron chi connectivity index (χ2n) is 4.35. The summed E-state index contributed by atoms with van der Waals surface area (Å²) in [6, 6.07) is 3.69. The van der Waals surface area contributed by atoms with Gasteiger partial charge in [0, 0.05) is 14.0 Å². The number of halogens is 1. The van der Waals surface area contributed by atoms with Gasteiger partial charge in [0.15, 0.2) is 11.5 Å². The van der Waals surface area contributed by atoms with Gasteiger partial charge < -0.3 is 25.3 Å². The molecule has 3 N–H and O–H groups in total. The largest absolute Gasteiger partial charge is 0.468 e. The maximum absolute atomic E-state index is 11.3. The summed E-state index contributed by atoms with van der Waals surface area (Å²) in [5.74, 6) is -0.978. The zero-order valence-electron chi connectivity index (χ0n) is 13.0. The van der Waals surface area contributed by atoms with Crippen LogP contribution in [0.4, 0.5) is 4.79 Å². The van der Waals surface area contributed by atoms with Gasteiger partial charge >= 0.3 is 18.0 Å². The minimum absolute atomic E-state index is 0. The molecule has 1 amide bonds. The number of methoxy groups -OCH3 is 1. The van der Waals surface area contributed by atoms with Crippen molar-refractivity contribution in [3.8, 4) is 11.5 Å². The van der Waals surface area contributed by atoms with Crippen molar-refractivity contribution < 1.29 is 28.6 Å². The molecule has 0 saturated heterocycles. The monoisotopic (exact) mass is 346 g/mol. The summed E-state index contributed by atoms with van der Waals surface area (Å²) in [7, 11) is 2.64. The normalized spacial score (nSPS) is 10.8. The van der Waals surface area contributed by atoms with E-state index in [1.54, 1.807) is 6.07 Å². The third-order valence-corrected chi connectivity index (χ3v) is 2.63. The Balaban J connectivity index is 0.00000484. The Morgan fingerprint density at radius 1 is 1.22 bits per heavy atom. The zero-order valence-corrected chi connectivity index (χ0v) is 13.8. The lowest BCUT2D eigenvalue weighted by molar-refractivity contribution is -0.142. The molecule has 23 heavy (non-hydrogen) atoms. The number of hydrogen-bond acceptors (Lipinski definition) is 7. The number of carbonyl (C=O) groups is 3. The maximum atomic E-state index is 11.3. The molecule has 0 saturated carbocycles. The van der Waals surface area contributed by atoms with Gasteiger partial charge in [0.1, 0.15) is 6.04 Å². The molecule has 0 aliphatic carbocycles. The summed E-state index contributed by atoms with van der Waals surface area (Å²) in [5.41, 5.74) is 6.29. The van der Waals surface area contributed by atoms with Crippen LogP contribution in [0.5, 0.6) is 11.5 Å². The Hall–Kier alpha value is -2.32. The smallest absolute Gasteiger partial charge is 0.412 e. The van der Waals surface area contributed by atoms with Gasteiger partial charge in [-0.15, -0.1) is 12.4 Å². The summed E-state index contributed by atoms with van der Waals surface area (Å²) in [5, 5.41) is 2.28. The number of carbonyl (C=O) groups excluding carboxylic acids is 3. The predicted octanol–water partition coefficient (Wildman–Crippen LogP) is 0.795. The van der Waals surface area contributed by atoms with E-state index >= 15 is 0 Å². The van der Waals surface area contributed by atoms with Gasteiger partial charge in [0.25, 0.3) is 0 Å². The summed E-state index contributed by atoms with van der Waals surface area (Å²) < 4.78 is 14.5. The molecule has 0 heterocycles. The molecule has 8 nitrogen and oxygen atoms in total. The highest BCUT2D eigenvalue weighted by atomic mass is 35.5. The Bertz CT molecular complexity index is 578. The quantitative estimate of drug-likeness (QED) is 0.598. The number of amides is 1. The van der Waals surface area contributed by atoms with Gasteiger partial charge in [-0.05, 0) is 24.1 Å². The first-order valence-electron chi connectivity index (χ1n) is 6.41. The first-order valence-corrected chi connectivity index (χ1v) is 6.41. The molecule has 0 aliphatic heterocycles. The lowest BCUT2D eigenvalue weighted by Crippen LogP contribution is -2.33. The fourth-order valence-electron chi connectivity index (χ4n) is 1.64. The van der Waals surface area contributed by atoms with E-state index in [1.807, 2.05) is 0 Å². The summed E-state index contributed by atoms with van der Waals surface area (Å²) >= 11 is 0. The Labute approximate surface area is 139 Å². The number of nitrogens with one attached hydrogen (secondary N) is 1. The molecule has 0 spiro atoms. The molecule has 0 aliphatic rings. The molecule has 1 aromatic rings. The highest BCUT2D eigenvalue weighted by Gasteiger charge is 2.17. The van der Waals surface area contributed by atoms with Crippen LogP contribution in [0.2, 0.25) is 0 Å². The summed E-state index contributed by atoms with van der Waals surface area (Å²) in [6.45, 7) is 1.23. The van der Waals surface area contributed by atoms with Gasteiger partial charge in [-0.1, -0.05) is 6.07 Å². The molecular weight excluding hydrogens is 328 g/mol. The first-order chi connectivity index (χ1) is 10.4. The van der Waals surface area contributed by atoms with Crippen molar-refractivity contribution in [2.75, 3.05) is 14.2 Å². The number of rotatable bonds is 5. The molecule has 0 bridgehead atoms. The van der Waals surface area contributed by atoms with Gasteiger partial charge in [0.2, 0.25) is 0 Å². The molecule has 9 heteroatoms. The van der Waals surface area contributed by atoms with Crippen LogP contribution < -0.4 is 20.5 Å². The molecule has 0 radical (unpaired) electrons. The predicted molar refractivity (Wildman–Crippen MR) is 83.8 cm³/mol. The first kappa shape index (κ1) is 20.7. The van der Waals surface area contributed by atoms with Gasteiger partial charge in [0.05, 0.1) is 7.11 Å². The Morgan fingerprint density at radius 3 is 2.39 bits per heavy atom. The van der Waals surface area contributed by atoms with Crippen molar-refractivity contribution in [2.45, 2.75) is 19.4 Å². The number of ether oxygens (including phenoxy) is 3. The van der Waals surface area contributed by atoms with Crippen LogP contribution in [0.15, 0.2) is 18.2 Å². The molecule has 1 rings (SSSR count). The number of benzene rings is 1. The lowest BCUT2D eigenvalue weighted by atomic mass is 10.1. The molecule has 1 aromatic carbocycles. The molecule has 0 aromatic heterocycles. The fourth-order valence-corrected chi connectivity index (χ4v) is 1.64.